The highest BCUT2D eigenvalue weighted by Gasteiger charge is 2.23. The first-order valence-corrected chi connectivity index (χ1v) is 7.42. The molecular formula is C14H19BrN2O3. The van der Waals surface area contributed by atoms with Crippen molar-refractivity contribution in [3.63, 3.8) is 0 Å². The van der Waals surface area contributed by atoms with Crippen LogP contribution in [0.15, 0.2) is 22.7 Å². The van der Waals surface area contributed by atoms with Gasteiger partial charge in [0.05, 0.1) is 23.7 Å². The van der Waals surface area contributed by atoms with Gasteiger partial charge in [0.2, 0.25) is 0 Å². The SMILES string of the molecule is COc1ccc(NC(=O)NC(C)C2CCCO2)cc1Br. The Morgan fingerprint density at radius 1 is 1.55 bits per heavy atom. The summed E-state index contributed by atoms with van der Waals surface area (Å²) in [6.45, 7) is 2.74. The molecule has 110 valence electrons. The van der Waals surface area contributed by atoms with E-state index in [4.69, 9.17) is 9.47 Å². The Morgan fingerprint density at radius 3 is 2.95 bits per heavy atom. The molecule has 1 heterocycles. The van der Waals surface area contributed by atoms with Gasteiger partial charge in [-0.25, -0.2) is 4.79 Å². The van der Waals surface area contributed by atoms with E-state index < -0.39 is 0 Å². The molecule has 2 amide bonds. The summed E-state index contributed by atoms with van der Waals surface area (Å²) in [6, 6.07) is 5.15. The lowest BCUT2D eigenvalue weighted by Crippen LogP contribution is -2.42. The van der Waals surface area contributed by atoms with E-state index in [-0.39, 0.29) is 18.2 Å². The summed E-state index contributed by atoms with van der Waals surface area (Å²) >= 11 is 3.39. The Hall–Kier alpha value is -1.27. The zero-order valence-corrected chi connectivity index (χ0v) is 13.2. The minimum Gasteiger partial charge on any atom is -0.496 e. The number of carbonyl (C=O) groups is 1. The van der Waals surface area contributed by atoms with Gasteiger partial charge in [-0.1, -0.05) is 0 Å². The fourth-order valence-electron chi connectivity index (χ4n) is 2.21. The van der Waals surface area contributed by atoms with Crippen LogP contribution in [0.4, 0.5) is 10.5 Å². The molecule has 0 bridgehead atoms. The highest BCUT2D eigenvalue weighted by atomic mass is 79.9. The van der Waals surface area contributed by atoms with Gasteiger partial charge in [-0.05, 0) is 53.9 Å². The number of carbonyl (C=O) groups excluding carboxylic acids is 1. The number of rotatable bonds is 4. The van der Waals surface area contributed by atoms with E-state index in [0.717, 1.165) is 29.7 Å². The standard InChI is InChI=1S/C14H19BrN2O3/c1-9(12-4-3-7-20-12)16-14(18)17-10-5-6-13(19-2)11(15)8-10/h5-6,8-9,12H,3-4,7H2,1-2H3,(H2,16,17,18). The molecule has 20 heavy (non-hydrogen) atoms. The van der Waals surface area contributed by atoms with Gasteiger partial charge >= 0.3 is 6.03 Å². The van der Waals surface area contributed by atoms with Crippen LogP contribution in [-0.2, 0) is 4.74 Å². The average molecular weight is 343 g/mol. The van der Waals surface area contributed by atoms with Crippen molar-refractivity contribution < 1.29 is 14.3 Å². The Bertz CT molecular complexity index is 475. The van der Waals surface area contributed by atoms with Crippen LogP contribution in [0, 0.1) is 0 Å². The number of halogens is 1. The molecule has 5 nitrogen and oxygen atoms in total. The van der Waals surface area contributed by atoms with Gasteiger partial charge in [-0.2, -0.15) is 0 Å². The van der Waals surface area contributed by atoms with Crippen LogP contribution in [0.5, 0.6) is 5.75 Å². The minimum absolute atomic E-state index is 0.000751. The van der Waals surface area contributed by atoms with Crippen molar-refractivity contribution in [3.05, 3.63) is 22.7 Å². The molecule has 0 spiro atoms. The predicted molar refractivity (Wildman–Crippen MR) is 81.3 cm³/mol. The molecule has 6 heteroatoms. The lowest BCUT2D eigenvalue weighted by atomic mass is 10.1. The normalized spacial score (nSPS) is 19.4. The molecule has 1 aliphatic heterocycles. The van der Waals surface area contributed by atoms with Gasteiger partial charge in [0.25, 0.3) is 0 Å². The monoisotopic (exact) mass is 342 g/mol. The van der Waals surface area contributed by atoms with Crippen LogP contribution in [-0.4, -0.2) is 31.9 Å². The maximum atomic E-state index is 11.9. The number of anilines is 1. The summed E-state index contributed by atoms with van der Waals surface area (Å²) in [5.41, 5.74) is 0.703. The summed E-state index contributed by atoms with van der Waals surface area (Å²) in [5, 5.41) is 5.69. The second-order valence-electron chi connectivity index (χ2n) is 4.79. The highest BCUT2D eigenvalue weighted by Crippen LogP contribution is 2.27. The molecule has 2 atom stereocenters. The fraction of sp³-hybridized carbons (Fsp3) is 0.500. The van der Waals surface area contributed by atoms with Gasteiger partial charge in [-0.15, -0.1) is 0 Å². The maximum Gasteiger partial charge on any atom is 0.319 e. The first kappa shape index (κ1) is 15.1. The third-order valence-electron chi connectivity index (χ3n) is 3.29. The predicted octanol–water partition coefficient (Wildman–Crippen LogP) is 3.15. The zero-order valence-electron chi connectivity index (χ0n) is 11.6. The molecule has 0 aliphatic carbocycles. The Labute approximate surface area is 127 Å². The topological polar surface area (TPSA) is 59.6 Å². The summed E-state index contributed by atoms with van der Waals surface area (Å²) in [5.74, 6) is 0.726. The quantitative estimate of drug-likeness (QED) is 0.883. The van der Waals surface area contributed by atoms with E-state index in [2.05, 4.69) is 26.6 Å². The second-order valence-corrected chi connectivity index (χ2v) is 5.64. The number of nitrogens with one attached hydrogen (secondary N) is 2. The molecule has 1 fully saturated rings. The van der Waals surface area contributed by atoms with Gasteiger partial charge in [0.15, 0.2) is 0 Å². The van der Waals surface area contributed by atoms with Crippen molar-refractivity contribution in [3.8, 4) is 5.75 Å². The number of urea groups is 1. The molecule has 1 aromatic rings. The molecular weight excluding hydrogens is 324 g/mol. The van der Waals surface area contributed by atoms with Crippen molar-refractivity contribution in [2.75, 3.05) is 19.0 Å². The smallest absolute Gasteiger partial charge is 0.319 e. The Kier molecular flexibility index (Phi) is 5.25. The molecule has 0 saturated carbocycles. The van der Waals surface area contributed by atoms with E-state index in [0.29, 0.717) is 5.69 Å². The van der Waals surface area contributed by atoms with Crippen LogP contribution in [0.1, 0.15) is 19.8 Å². The van der Waals surface area contributed by atoms with E-state index in [1.165, 1.54) is 0 Å². The fourth-order valence-corrected chi connectivity index (χ4v) is 2.75. The maximum absolute atomic E-state index is 11.9. The number of benzene rings is 1. The highest BCUT2D eigenvalue weighted by molar-refractivity contribution is 9.10. The van der Waals surface area contributed by atoms with Gasteiger partial charge < -0.3 is 20.1 Å². The minimum atomic E-state index is -0.231. The Morgan fingerprint density at radius 2 is 2.35 bits per heavy atom. The van der Waals surface area contributed by atoms with Crippen molar-refractivity contribution in [2.24, 2.45) is 0 Å². The first-order valence-electron chi connectivity index (χ1n) is 6.63. The third-order valence-corrected chi connectivity index (χ3v) is 3.91. The molecule has 1 aromatic carbocycles. The van der Waals surface area contributed by atoms with Crippen LogP contribution >= 0.6 is 15.9 Å². The van der Waals surface area contributed by atoms with E-state index in [1.54, 1.807) is 25.3 Å². The molecule has 0 radical (unpaired) electrons. The van der Waals surface area contributed by atoms with E-state index >= 15 is 0 Å². The number of ether oxygens (including phenoxy) is 2. The number of methoxy groups -OCH3 is 1. The molecule has 2 N–H and O–H groups in total. The van der Waals surface area contributed by atoms with Crippen LogP contribution < -0.4 is 15.4 Å². The van der Waals surface area contributed by atoms with Gasteiger partial charge in [-0.3, -0.25) is 0 Å². The van der Waals surface area contributed by atoms with E-state index in [1.807, 2.05) is 6.92 Å². The number of hydrogen-bond donors (Lipinski definition) is 2. The average Bonchev–Trinajstić information content (AvgIpc) is 2.92. The summed E-state index contributed by atoms with van der Waals surface area (Å²) in [4.78, 5) is 11.9. The molecule has 1 aliphatic rings. The summed E-state index contributed by atoms with van der Waals surface area (Å²) < 4.78 is 11.5. The lowest BCUT2D eigenvalue weighted by Gasteiger charge is -2.20. The molecule has 2 rings (SSSR count). The first-order chi connectivity index (χ1) is 9.60. The van der Waals surface area contributed by atoms with Crippen molar-refractivity contribution in [1.82, 2.24) is 5.32 Å². The van der Waals surface area contributed by atoms with Crippen LogP contribution in [0.25, 0.3) is 0 Å². The largest absolute Gasteiger partial charge is 0.496 e. The summed E-state index contributed by atoms with van der Waals surface area (Å²) in [7, 11) is 1.60. The van der Waals surface area contributed by atoms with Crippen molar-refractivity contribution >= 4 is 27.6 Å². The molecule has 2 unspecified atom stereocenters. The number of amides is 2. The zero-order chi connectivity index (χ0) is 14.5. The van der Waals surface area contributed by atoms with Crippen molar-refractivity contribution in [1.29, 1.82) is 0 Å². The van der Waals surface area contributed by atoms with Crippen LogP contribution in [0.2, 0.25) is 0 Å². The number of hydrogen-bond acceptors (Lipinski definition) is 3. The third kappa shape index (κ3) is 3.86. The van der Waals surface area contributed by atoms with Crippen molar-refractivity contribution in [2.45, 2.75) is 31.9 Å². The summed E-state index contributed by atoms with van der Waals surface area (Å²) in [6.07, 6.45) is 2.17. The Balaban J connectivity index is 1.89. The molecule has 1 saturated heterocycles. The second kappa shape index (κ2) is 6.95. The van der Waals surface area contributed by atoms with Gasteiger partial charge in [0, 0.05) is 12.3 Å². The molecule has 0 aromatic heterocycles. The van der Waals surface area contributed by atoms with Crippen LogP contribution in [0.3, 0.4) is 0 Å². The lowest BCUT2D eigenvalue weighted by molar-refractivity contribution is 0.0868. The van der Waals surface area contributed by atoms with E-state index in [9.17, 15) is 4.79 Å². The van der Waals surface area contributed by atoms with Gasteiger partial charge in [0.1, 0.15) is 5.75 Å².